The first-order valence-corrected chi connectivity index (χ1v) is 11.3. The molecule has 0 saturated heterocycles. The fourth-order valence-corrected chi connectivity index (χ4v) is 2.83. The molecule has 0 fully saturated rings. The van der Waals surface area contributed by atoms with Crippen LogP contribution in [0.5, 0.6) is 11.5 Å². The molecule has 0 atom stereocenters. The van der Waals surface area contributed by atoms with Gasteiger partial charge >= 0.3 is 11.9 Å². The zero-order chi connectivity index (χ0) is 31.8. The van der Waals surface area contributed by atoms with Gasteiger partial charge in [-0.05, 0) is 31.2 Å². The van der Waals surface area contributed by atoms with Gasteiger partial charge in [-0.1, -0.05) is 0 Å². The van der Waals surface area contributed by atoms with Crippen LogP contribution in [0.15, 0.2) is 36.4 Å². The molecule has 1 heterocycles. The van der Waals surface area contributed by atoms with Crippen LogP contribution in [0.1, 0.15) is 6.42 Å². The second-order valence-electron chi connectivity index (χ2n) is 7.15. The second kappa shape index (κ2) is 22.9. The number of hydrogen-bond acceptors (Lipinski definition) is 13. The van der Waals surface area contributed by atoms with Crippen LogP contribution in [0.25, 0.3) is 10.9 Å². The fourth-order valence-electron chi connectivity index (χ4n) is 2.83. The topological polar surface area (TPSA) is 288 Å². The van der Waals surface area contributed by atoms with Crippen molar-refractivity contribution in [2.45, 2.75) is 6.42 Å². The zero-order valence-electron chi connectivity index (χ0n) is 22.2. The molecule has 2 aromatic rings. The summed E-state index contributed by atoms with van der Waals surface area (Å²) >= 11 is 0. The third-order valence-corrected chi connectivity index (χ3v) is 4.35. The Balaban J connectivity index is 0. The number of carboxylic acids is 2. The van der Waals surface area contributed by atoms with Crippen molar-refractivity contribution in [1.82, 2.24) is 9.88 Å². The summed E-state index contributed by atoms with van der Waals surface area (Å²) < 4.78 is 10.6. The molecule has 0 amide bonds. The van der Waals surface area contributed by atoms with Crippen molar-refractivity contribution in [3.05, 3.63) is 56.6 Å². The molecule has 0 unspecified atom stereocenters. The van der Waals surface area contributed by atoms with Gasteiger partial charge in [0.1, 0.15) is 5.82 Å². The molecule has 19 heteroatoms. The van der Waals surface area contributed by atoms with E-state index in [1.165, 1.54) is 0 Å². The van der Waals surface area contributed by atoms with Crippen LogP contribution in [-0.4, -0.2) is 116 Å². The number of aliphatic hydroxyl groups is 2. The number of carboxylic acid groups (broad SMARTS) is 2. The number of methoxy groups -OCH3 is 2. The molecule has 1 aromatic heterocycles. The normalized spacial score (nSPS) is 9.78. The van der Waals surface area contributed by atoms with Gasteiger partial charge in [-0.15, -0.1) is 20.2 Å². The number of benzene rings is 1. The molecule has 2 rings (SSSR count). The maximum atomic E-state index is 9.55. The van der Waals surface area contributed by atoms with Gasteiger partial charge in [-0.2, -0.15) is 0 Å². The fraction of sp³-hybridized carbons (Fsp3) is 0.409. The van der Waals surface area contributed by atoms with Crippen LogP contribution >= 0.6 is 0 Å². The Bertz CT molecular complexity index is 1070. The third kappa shape index (κ3) is 21.6. The summed E-state index contributed by atoms with van der Waals surface area (Å²) in [4.78, 5) is 42.5. The summed E-state index contributed by atoms with van der Waals surface area (Å²) in [6.45, 7) is 2.94. The SMILES string of the molecule is COc1cc2ccc(NCCCN(CCO)CCO)nc2cc1OC.O=C(O)C=CC(=O)O.O=[N+]([O-])O.O=[N+]([O-])O. The lowest BCUT2D eigenvalue weighted by molar-refractivity contribution is -0.742. The van der Waals surface area contributed by atoms with Gasteiger partial charge in [-0.3, -0.25) is 4.90 Å². The van der Waals surface area contributed by atoms with E-state index in [1.54, 1.807) is 14.2 Å². The minimum atomic E-state index is -1.50. The predicted molar refractivity (Wildman–Crippen MR) is 141 cm³/mol. The minimum absolute atomic E-state index is 0.102. The maximum Gasteiger partial charge on any atom is 0.328 e. The summed E-state index contributed by atoms with van der Waals surface area (Å²) in [5.74, 6) is -0.371. The average molecular weight is 592 g/mol. The van der Waals surface area contributed by atoms with Crippen LogP contribution in [0, 0.1) is 20.2 Å². The molecule has 0 aliphatic rings. The molecular formula is C22H33N5O14. The van der Waals surface area contributed by atoms with E-state index in [0.717, 1.165) is 36.2 Å². The van der Waals surface area contributed by atoms with E-state index >= 15 is 0 Å². The van der Waals surface area contributed by atoms with Crippen LogP contribution in [-0.2, 0) is 9.59 Å². The number of nitrogens with zero attached hydrogens (tertiary/aromatic N) is 4. The molecule has 0 spiro atoms. The number of aliphatic hydroxyl groups excluding tert-OH is 2. The van der Waals surface area contributed by atoms with E-state index in [-0.39, 0.29) is 13.2 Å². The van der Waals surface area contributed by atoms with Gasteiger partial charge in [-0.25, -0.2) is 14.6 Å². The number of ether oxygens (including phenoxy) is 2. The molecule has 0 radical (unpaired) electrons. The number of carbonyl (C=O) groups is 2. The number of rotatable bonds is 13. The van der Waals surface area contributed by atoms with Gasteiger partial charge in [0.25, 0.3) is 10.2 Å². The Morgan fingerprint density at radius 1 is 0.927 bits per heavy atom. The monoisotopic (exact) mass is 591 g/mol. The summed E-state index contributed by atoms with van der Waals surface area (Å²) in [6, 6.07) is 7.71. The van der Waals surface area contributed by atoms with E-state index < -0.39 is 22.1 Å². The number of hydrogen-bond donors (Lipinski definition) is 7. The number of aromatic nitrogens is 1. The van der Waals surface area contributed by atoms with Crippen LogP contribution in [0.4, 0.5) is 5.82 Å². The second-order valence-corrected chi connectivity index (χ2v) is 7.15. The van der Waals surface area contributed by atoms with Crippen molar-refractivity contribution in [2.24, 2.45) is 0 Å². The number of nitrogens with one attached hydrogen (secondary N) is 1. The van der Waals surface area contributed by atoms with Crippen molar-refractivity contribution in [3.8, 4) is 11.5 Å². The highest BCUT2D eigenvalue weighted by molar-refractivity contribution is 5.89. The number of aliphatic carboxylic acids is 2. The third-order valence-electron chi connectivity index (χ3n) is 4.35. The van der Waals surface area contributed by atoms with Crippen molar-refractivity contribution in [1.29, 1.82) is 0 Å². The lowest BCUT2D eigenvalue weighted by Crippen LogP contribution is -2.31. The highest BCUT2D eigenvalue weighted by Gasteiger charge is 2.08. The van der Waals surface area contributed by atoms with Crippen LogP contribution in [0.3, 0.4) is 0 Å². The molecule has 19 nitrogen and oxygen atoms in total. The van der Waals surface area contributed by atoms with Gasteiger partial charge in [0.05, 0.1) is 33.0 Å². The van der Waals surface area contributed by atoms with Gasteiger partial charge in [0, 0.05) is 43.2 Å². The van der Waals surface area contributed by atoms with Crippen LogP contribution < -0.4 is 14.8 Å². The summed E-state index contributed by atoms with van der Waals surface area (Å²) in [6.07, 6.45) is 2.01. The van der Waals surface area contributed by atoms with E-state index in [9.17, 15) is 9.59 Å². The first kappa shape index (κ1) is 38.1. The predicted octanol–water partition coefficient (Wildman–Crippen LogP) is 0.357. The molecule has 0 bridgehead atoms. The highest BCUT2D eigenvalue weighted by atomic mass is 16.9. The van der Waals surface area contributed by atoms with Crippen molar-refractivity contribution in [3.63, 3.8) is 0 Å². The van der Waals surface area contributed by atoms with Crippen molar-refractivity contribution >= 4 is 28.7 Å². The van der Waals surface area contributed by atoms with Gasteiger partial charge in [0.2, 0.25) is 0 Å². The van der Waals surface area contributed by atoms with Gasteiger partial charge < -0.3 is 45.6 Å². The quantitative estimate of drug-likeness (QED) is 0.0715. The lowest BCUT2D eigenvalue weighted by Gasteiger charge is -2.20. The Morgan fingerprint density at radius 2 is 1.39 bits per heavy atom. The Kier molecular flexibility index (Phi) is 21.3. The molecule has 7 N–H and O–H groups in total. The van der Waals surface area contributed by atoms with Gasteiger partial charge in [0.15, 0.2) is 11.5 Å². The highest BCUT2D eigenvalue weighted by Crippen LogP contribution is 2.31. The van der Waals surface area contributed by atoms with E-state index in [4.69, 9.17) is 60.5 Å². The Morgan fingerprint density at radius 3 is 1.80 bits per heavy atom. The van der Waals surface area contributed by atoms with E-state index in [1.807, 2.05) is 29.2 Å². The standard InChI is InChI=1S/C18H27N3O4.C4H4O4.2HNO3/c1-24-16-12-14-4-5-18(20-15(14)13-17(16)25-2)19-6-3-7-21(8-10-22)9-11-23;5-3(6)1-2-4(7)8;2*2-1(3)4/h4-5,12-13,22-23H,3,6-11H2,1-2H3,(H,19,20);1-2H,(H,5,6)(H,7,8);2*(H,2,3,4). The first-order chi connectivity index (χ1) is 19.3. The molecule has 0 saturated carbocycles. The first-order valence-electron chi connectivity index (χ1n) is 11.3. The summed E-state index contributed by atoms with van der Waals surface area (Å²) in [5.41, 5.74) is 0.838. The number of pyridine rings is 1. The van der Waals surface area contributed by atoms with E-state index in [2.05, 4.69) is 10.3 Å². The largest absolute Gasteiger partial charge is 0.493 e. The molecule has 0 aliphatic carbocycles. The lowest BCUT2D eigenvalue weighted by atomic mass is 10.2. The molecule has 1 aromatic carbocycles. The maximum absolute atomic E-state index is 9.55. The Labute approximate surface area is 232 Å². The summed E-state index contributed by atoms with van der Waals surface area (Å²) in [7, 11) is 3.22. The number of anilines is 1. The van der Waals surface area contributed by atoms with Crippen LogP contribution in [0.2, 0.25) is 0 Å². The molecule has 41 heavy (non-hydrogen) atoms. The van der Waals surface area contributed by atoms with Crippen molar-refractivity contribution in [2.75, 3.05) is 58.9 Å². The molecular weight excluding hydrogens is 558 g/mol. The molecule has 0 aliphatic heterocycles. The number of fused-ring (bicyclic) bond motifs is 1. The average Bonchev–Trinajstić information content (AvgIpc) is 2.89. The smallest absolute Gasteiger partial charge is 0.328 e. The minimum Gasteiger partial charge on any atom is -0.493 e. The van der Waals surface area contributed by atoms with Crippen molar-refractivity contribution < 1.29 is 60.1 Å². The zero-order valence-corrected chi connectivity index (χ0v) is 22.2. The molecule has 230 valence electrons. The Hall–Kier alpha value is -5.01. The summed E-state index contributed by atoms with van der Waals surface area (Å²) in [5, 5.41) is 65.2. The van der Waals surface area contributed by atoms with E-state index in [0.29, 0.717) is 36.7 Å².